The fraction of sp³-hybridized carbons (Fsp3) is 0.350. The molecule has 1 amide bonds. The first-order valence-corrected chi connectivity index (χ1v) is 8.86. The first-order valence-electron chi connectivity index (χ1n) is 8.86. The SMILES string of the molecule is COc1ccc(NC(=O)CCNc2ccccc2N2CCOCC2)cc1. The third kappa shape index (κ3) is 4.89. The van der Waals surface area contributed by atoms with E-state index in [0.29, 0.717) is 13.0 Å². The predicted molar refractivity (Wildman–Crippen MR) is 104 cm³/mol. The van der Waals surface area contributed by atoms with Gasteiger partial charge in [0.25, 0.3) is 0 Å². The van der Waals surface area contributed by atoms with Crippen molar-refractivity contribution in [2.75, 3.05) is 55.5 Å². The van der Waals surface area contributed by atoms with Gasteiger partial charge in [-0.15, -0.1) is 0 Å². The Hall–Kier alpha value is -2.73. The van der Waals surface area contributed by atoms with Gasteiger partial charge in [-0.1, -0.05) is 12.1 Å². The van der Waals surface area contributed by atoms with Crippen molar-refractivity contribution in [2.45, 2.75) is 6.42 Å². The molecule has 3 rings (SSSR count). The number of ether oxygens (including phenoxy) is 2. The van der Waals surface area contributed by atoms with E-state index >= 15 is 0 Å². The van der Waals surface area contributed by atoms with E-state index in [1.54, 1.807) is 7.11 Å². The molecule has 1 fully saturated rings. The van der Waals surface area contributed by atoms with E-state index in [1.165, 1.54) is 0 Å². The van der Waals surface area contributed by atoms with E-state index in [-0.39, 0.29) is 5.91 Å². The number of morpholine rings is 1. The molecule has 0 unspecified atom stereocenters. The lowest BCUT2D eigenvalue weighted by Crippen LogP contribution is -2.36. The Morgan fingerprint density at radius 3 is 2.58 bits per heavy atom. The Morgan fingerprint density at radius 2 is 1.85 bits per heavy atom. The van der Waals surface area contributed by atoms with Crippen molar-refractivity contribution >= 4 is 23.0 Å². The summed E-state index contributed by atoms with van der Waals surface area (Å²) in [6.07, 6.45) is 0.392. The molecular weight excluding hydrogens is 330 g/mol. The van der Waals surface area contributed by atoms with Crippen LogP contribution in [0.2, 0.25) is 0 Å². The molecule has 1 heterocycles. The van der Waals surface area contributed by atoms with Gasteiger partial charge >= 0.3 is 0 Å². The summed E-state index contributed by atoms with van der Waals surface area (Å²) in [6.45, 7) is 3.84. The van der Waals surface area contributed by atoms with Gasteiger partial charge in [0.05, 0.1) is 31.7 Å². The van der Waals surface area contributed by atoms with Crippen LogP contribution in [0.3, 0.4) is 0 Å². The van der Waals surface area contributed by atoms with Crippen LogP contribution < -0.4 is 20.3 Å². The highest BCUT2D eigenvalue weighted by molar-refractivity contribution is 5.91. The molecule has 2 aromatic rings. The Bertz CT molecular complexity index is 712. The summed E-state index contributed by atoms with van der Waals surface area (Å²) in [4.78, 5) is 14.4. The summed E-state index contributed by atoms with van der Waals surface area (Å²) in [7, 11) is 1.62. The van der Waals surface area contributed by atoms with Gasteiger partial charge in [0, 0.05) is 31.7 Å². The Labute approximate surface area is 154 Å². The number of anilines is 3. The molecule has 0 aromatic heterocycles. The summed E-state index contributed by atoms with van der Waals surface area (Å²) in [5.41, 5.74) is 2.97. The molecule has 26 heavy (non-hydrogen) atoms. The maximum absolute atomic E-state index is 12.1. The number of hydrogen-bond acceptors (Lipinski definition) is 5. The molecule has 138 valence electrons. The number of carbonyl (C=O) groups excluding carboxylic acids is 1. The van der Waals surface area contributed by atoms with Crippen molar-refractivity contribution < 1.29 is 14.3 Å². The number of methoxy groups -OCH3 is 1. The van der Waals surface area contributed by atoms with Crippen LogP contribution in [0, 0.1) is 0 Å². The van der Waals surface area contributed by atoms with Gasteiger partial charge < -0.3 is 25.0 Å². The number of amides is 1. The van der Waals surface area contributed by atoms with E-state index in [9.17, 15) is 4.79 Å². The van der Waals surface area contributed by atoms with Gasteiger partial charge in [0.15, 0.2) is 0 Å². The molecule has 0 spiro atoms. The number of carbonyl (C=O) groups is 1. The molecule has 1 aliphatic heterocycles. The second-order valence-electron chi connectivity index (χ2n) is 6.07. The monoisotopic (exact) mass is 355 g/mol. The highest BCUT2D eigenvalue weighted by Crippen LogP contribution is 2.26. The van der Waals surface area contributed by atoms with Crippen molar-refractivity contribution in [2.24, 2.45) is 0 Å². The van der Waals surface area contributed by atoms with Gasteiger partial charge in [-0.3, -0.25) is 4.79 Å². The number of benzene rings is 2. The molecular formula is C20H25N3O3. The largest absolute Gasteiger partial charge is 0.497 e. The summed E-state index contributed by atoms with van der Waals surface area (Å²) >= 11 is 0. The van der Waals surface area contributed by atoms with Crippen molar-refractivity contribution in [1.82, 2.24) is 0 Å². The van der Waals surface area contributed by atoms with Crippen molar-refractivity contribution in [3.05, 3.63) is 48.5 Å². The van der Waals surface area contributed by atoms with Crippen LogP contribution in [0.5, 0.6) is 5.75 Å². The van der Waals surface area contributed by atoms with Crippen molar-refractivity contribution in [1.29, 1.82) is 0 Å². The normalized spacial score (nSPS) is 14.0. The summed E-state index contributed by atoms with van der Waals surface area (Å²) in [5, 5.41) is 6.28. The molecule has 2 N–H and O–H groups in total. The van der Waals surface area contributed by atoms with Crippen molar-refractivity contribution in [3.8, 4) is 5.75 Å². The molecule has 0 bridgehead atoms. The lowest BCUT2D eigenvalue weighted by molar-refractivity contribution is -0.115. The molecule has 6 nitrogen and oxygen atoms in total. The van der Waals surface area contributed by atoms with Gasteiger partial charge in [-0.25, -0.2) is 0 Å². The van der Waals surface area contributed by atoms with Gasteiger partial charge in [0.2, 0.25) is 5.91 Å². The Balaban J connectivity index is 1.50. The minimum atomic E-state index is -0.0217. The van der Waals surface area contributed by atoms with Gasteiger partial charge in [-0.05, 0) is 36.4 Å². The zero-order valence-corrected chi connectivity index (χ0v) is 15.0. The van der Waals surface area contributed by atoms with Crippen LogP contribution in [0.4, 0.5) is 17.1 Å². The molecule has 6 heteroatoms. The number of hydrogen-bond donors (Lipinski definition) is 2. The second kappa shape index (κ2) is 9.10. The predicted octanol–water partition coefficient (Wildman–Crippen LogP) is 2.97. The number of rotatable bonds is 7. The van der Waals surface area contributed by atoms with Crippen LogP contribution in [0.25, 0.3) is 0 Å². The molecule has 2 aromatic carbocycles. The molecule has 0 saturated carbocycles. The third-order valence-electron chi connectivity index (χ3n) is 4.30. The standard InChI is InChI=1S/C20H25N3O3/c1-25-17-8-6-16(7-9-17)22-20(24)10-11-21-18-4-2-3-5-19(18)23-12-14-26-15-13-23/h2-9,21H,10-15H2,1H3,(H,22,24). The fourth-order valence-corrected chi connectivity index (χ4v) is 2.91. The second-order valence-corrected chi connectivity index (χ2v) is 6.07. The van der Waals surface area contributed by atoms with Crippen LogP contribution >= 0.6 is 0 Å². The van der Waals surface area contributed by atoms with Crippen LogP contribution in [-0.4, -0.2) is 45.9 Å². The summed E-state index contributed by atoms with van der Waals surface area (Å²) < 4.78 is 10.5. The van der Waals surface area contributed by atoms with Gasteiger partial charge in [0.1, 0.15) is 5.75 Å². The maximum Gasteiger partial charge on any atom is 0.226 e. The number of nitrogens with zero attached hydrogens (tertiary/aromatic N) is 1. The average molecular weight is 355 g/mol. The highest BCUT2D eigenvalue weighted by Gasteiger charge is 2.14. The van der Waals surface area contributed by atoms with Crippen LogP contribution in [-0.2, 0) is 9.53 Å². The van der Waals surface area contributed by atoms with E-state index in [2.05, 4.69) is 21.6 Å². The Morgan fingerprint density at radius 1 is 1.12 bits per heavy atom. The molecule has 1 saturated heterocycles. The number of para-hydroxylation sites is 2. The van der Waals surface area contributed by atoms with Crippen LogP contribution in [0.15, 0.2) is 48.5 Å². The fourth-order valence-electron chi connectivity index (χ4n) is 2.91. The average Bonchev–Trinajstić information content (AvgIpc) is 2.69. The first kappa shape index (κ1) is 18.1. The lowest BCUT2D eigenvalue weighted by atomic mass is 10.2. The summed E-state index contributed by atoms with van der Waals surface area (Å²) in [5.74, 6) is 0.746. The molecule has 1 aliphatic rings. The number of nitrogens with one attached hydrogen (secondary N) is 2. The van der Waals surface area contributed by atoms with Crippen LogP contribution in [0.1, 0.15) is 6.42 Å². The zero-order valence-electron chi connectivity index (χ0n) is 15.0. The van der Waals surface area contributed by atoms with Gasteiger partial charge in [-0.2, -0.15) is 0 Å². The summed E-state index contributed by atoms with van der Waals surface area (Å²) in [6, 6.07) is 15.5. The van der Waals surface area contributed by atoms with Crippen molar-refractivity contribution in [3.63, 3.8) is 0 Å². The van der Waals surface area contributed by atoms with E-state index in [4.69, 9.17) is 9.47 Å². The highest BCUT2D eigenvalue weighted by atomic mass is 16.5. The smallest absolute Gasteiger partial charge is 0.226 e. The topological polar surface area (TPSA) is 62.8 Å². The minimum absolute atomic E-state index is 0.0217. The molecule has 0 aliphatic carbocycles. The first-order chi connectivity index (χ1) is 12.8. The minimum Gasteiger partial charge on any atom is -0.497 e. The molecule has 0 atom stereocenters. The molecule has 0 radical (unpaired) electrons. The maximum atomic E-state index is 12.1. The quantitative estimate of drug-likeness (QED) is 0.799. The lowest BCUT2D eigenvalue weighted by Gasteiger charge is -2.30. The third-order valence-corrected chi connectivity index (χ3v) is 4.30. The Kier molecular flexibility index (Phi) is 6.33. The zero-order chi connectivity index (χ0) is 18.2. The van der Waals surface area contributed by atoms with E-state index in [0.717, 1.165) is 49.1 Å². The van der Waals surface area contributed by atoms with E-state index < -0.39 is 0 Å². The van der Waals surface area contributed by atoms with E-state index in [1.807, 2.05) is 42.5 Å².